The maximum Gasteiger partial charge on any atom is 0.279 e. The summed E-state index contributed by atoms with van der Waals surface area (Å²) in [5, 5.41) is 0. The molecule has 0 saturated carbocycles. The lowest BCUT2D eigenvalue weighted by Crippen LogP contribution is -2.16. The number of thiazole rings is 1. The van der Waals surface area contributed by atoms with Crippen LogP contribution in [0.3, 0.4) is 0 Å². The van der Waals surface area contributed by atoms with Gasteiger partial charge in [0.2, 0.25) is 0 Å². The third kappa shape index (κ3) is 4.84. The third-order valence-corrected chi connectivity index (χ3v) is 6.67. The molecule has 0 aliphatic rings. The first-order chi connectivity index (χ1) is 13.8. The molecule has 2 aromatic carbocycles. The Labute approximate surface area is 174 Å². The molecular weight excluding hydrogens is 404 g/mol. The Morgan fingerprint density at radius 2 is 2.03 bits per heavy atom. The largest absolute Gasteiger partial charge is 0.305 e. The minimum Gasteiger partial charge on any atom is -0.305 e. The summed E-state index contributed by atoms with van der Waals surface area (Å²) in [4.78, 5) is 17.6. The van der Waals surface area contributed by atoms with Crippen molar-refractivity contribution in [1.82, 2.24) is 4.57 Å². The number of rotatable bonds is 6. The van der Waals surface area contributed by atoms with Crippen LogP contribution in [0.4, 0.5) is 0 Å². The van der Waals surface area contributed by atoms with Crippen LogP contribution in [0.5, 0.6) is 0 Å². The van der Waals surface area contributed by atoms with Crippen LogP contribution in [-0.2, 0) is 22.8 Å². The summed E-state index contributed by atoms with van der Waals surface area (Å²) in [6.07, 6.45) is 9.88. The molecule has 0 atom stereocenters. The number of terminal acetylenes is 1. The van der Waals surface area contributed by atoms with Crippen molar-refractivity contribution in [3.8, 4) is 12.3 Å². The van der Waals surface area contributed by atoms with Gasteiger partial charge in [-0.15, -0.1) is 6.42 Å². The predicted octanol–water partition coefficient (Wildman–Crippen LogP) is 3.82. The summed E-state index contributed by atoms with van der Waals surface area (Å²) in [6.45, 7) is 2.45. The molecule has 1 aromatic heterocycles. The topological polar surface area (TPSA) is 68.5 Å². The molecule has 0 fully saturated rings. The Kier molecular flexibility index (Phi) is 6.36. The first kappa shape index (κ1) is 21.0. The third-order valence-electron chi connectivity index (χ3n) is 4.52. The molecule has 7 heteroatoms. The fraction of sp³-hybridized carbons (Fsp3) is 0.273. The number of hydrogen-bond acceptors (Lipinski definition) is 4. The van der Waals surface area contributed by atoms with Crippen LogP contribution in [0.2, 0.25) is 0 Å². The van der Waals surface area contributed by atoms with E-state index >= 15 is 0 Å². The van der Waals surface area contributed by atoms with E-state index in [2.05, 4.69) is 30.0 Å². The molecule has 0 aliphatic carbocycles. The van der Waals surface area contributed by atoms with E-state index < -0.39 is 15.7 Å². The number of benzene rings is 2. The molecule has 0 aliphatic heterocycles. The number of nitrogens with zero attached hydrogens (tertiary/aromatic N) is 2. The summed E-state index contributed by atoms with van der Waals surface area (Å²) < 4.78 is 26.4. The average molecular weight is 427 g/mol. The molecule has 3 aromatic rings. The van der Waals surface area contributed by atoms with Gasteiger partial charge in [-0.25, -0.2) is 8.42 Å². The van der Waals surface area contributed by atoms with Gasteiger partial charge in [-0.05, 0) is 48.7 Å². The van der Waals surface area contributed by atoms with E-state index in [1.54, 1.807) is 12.1 Å². The van der Waals surface area contributed by atoms with E-state index in [9.17, 15) is 13.2 Å². The second-order valence-electron chi connectivity index (χ2n) is 6.80. The van der Waals surface area contributed by atoms with Crippen molar-refractivity contribution < 1.29 is 13.2 Å². The second-order valence-corrected chi connectivity index (χ2v) is 9.82. The van der Waals surface area contributed by atoms with Crippen LogP contribution >= 0.6 is 11.3 Å². The number of carbonyl (C=O) groups is 1. The average Bonchev–Trinajstić information content (AvgIpc) is 3.02. The number of fused-ring (bicyclic) bond motifs is 1. The zero-order chi connectivity index (χ0) is 21.0. The van der Waals surface area contributed by atoms with Gasteiger partial charge in [-0.2, -0.15) is 4.99 Å². The summed E-state index contributed by atoms with van der Waals surface area (Å²) in [5.74, 6) is 2.11. The van der Waals surface area contributed by atoms with Crippen molar-refractivity contribution >= 4 is 37.3 Å². The van der Waals surface area contributed by atoms with E-state index in [1.807, 2.05) is 10.6 Å². The van der Waals surface area contributed by atoms with Gasteiger partial charge in [0.15, 0.2) is 14.6 Å². The van der Waals surface area contributed by atoms with Gasteiger partial charge in [0.25, 0.3) is 5.91 Å². The Morgan fingerprint density at radius 1 is 1.24 bits per heavy atom. The molecule has 0 spiro atoms. The molecule has 3 rings (SSSR count). The Morgan fingerprint density at radius 3 is 2.72 bits per heavy atom. The van der Waals surface area contributed by atoms with E-state index in [-0.39, 0.29) is 10.5 Å². The highest BCUT2D eigenvalue weighted by atomic mass is 32.2. The van der Waals surface area contributed by atoms with Crippen molar-refractivity contribution in [2.75, 3.05) is 6.26 Å². The van der Waals surface area contributed by atoms with Crippen LogP contribution in [0, 0.1) is 12.3 Å². The SMILES string of the molecule is C#CCn1c(=NC(=O)c2cccc(S(C)(=O)=O)c2)sc2cc(CCCC)ccc21. The maximum absolute atomic E-state index is 12.7. The predicted molar refractivity (Wildman–Crippen MR) is 117 cm³/mol. The number of unbranched alkanes of at least 4 members (excludes halogenated alkanes) is 1. The second kappa shape index (κ2) is 8.76. The molecule has 5 nitrogen and oxygen atoms in total. The molecule has 0 N–H and O–H groups in total. The van der Waals surface area contributed by atoms with Gasteiger partial charge >= 0.3 is 0 Å². The molecule has 0 saturated heterocycles. The number of aromatic nitrogens is 1. The Hall–Kier alpha value is -2.69. The number of aryl methyl sites for hydroxylation is 1. The van der Waals surface area contributed by atoms with Crippen molar-refractivity contribution in [1.29, 1.82) is 0 Å². The number of sulfone groups is 1. The van der Waals surface area contributed by atoms with E-state index in [0.717, 1.165) is 35.7 Å². The van der Waals surface area contributed by atoms with Crippen molar-refractivity contribution in [3.63, 3.8) is 0 Å². The standard InChI is InChI=1S/C22H22N2O3S2/c1-4-6-8-16-11-12-19-20(14-16)28-22(24(19)13-5-2)23-21(25)17-9-7-10-18(15-17)29(3,26)27/h2,7,9-12,14-15H,4,6,8,13H2,1,3H3. The molecule has 0 radical (unpaired) electrons. The zero-order valence-electron chi connectivity index (χ0n) is 16.4. The van der Waals surface area contributed by atoms with Gasteiger partial charge < -0.3 is 4.57 Å². The highest BCUT2D eigenvalue weighted by molar-refractivity contribution is 7.90. The zero-order valence-corrected chi connectivity index (χ0v) is 18.0. The quantitative estimate of drug-likeness (QED) is 0.563. The number of carbonyl (C=O) groups excluding carboxylic acids is 1. The van der Waals surface area contributed by atoms with Crippen molar-refractivity contribution in [2.24, 2.45) is 4.99 Å². The van der Waals surface area contributed by atoms with Crippen LogP contribution in [0.1, 0.15) is 35.7 Å². The smallest absolute Gasteiger partial charge is 0.279 e. The van der Waals surface area contributed by atoms with Gasteiger partial charge in [-0.1, -0.05) is 42.7 Å². The van der Waals surface area contributed by atoms with Gasteiger partial charge in [0, 0.05) is 11.8 Å². The molecule has 0 unspecified atom stereocenters. The number of hydrogen-bond donors (Lipinski definition) is 0. The number of amides is 1. The lowest BCUT2D eigenvalue weighted by Gasteiger charge is -2.03. The van der Waals surface area contributed by atoms with Crippen LogP contribution < -0.4 is 4.80 Å². The first-order valence-electron chi connectivity index (χ1n) is 9.28. The Balaban J connectivity index is 2.08. The normalized spacial score (nSPS) is 12.2. The first-order valence-corrected chi connectivity index (χ1v) is 12.0. The minimum absolute atomic E-state index is 0.0898. The maximum atomic E-state index is 12.7. The fourth-order valence-electron chi connectivity index (χ4n) is 2.99. The summed E-state index contributed by atoms with van der Waals surface area (Å²) in [5.41, 5.74) is 2.40. The van der Waals surface area contributed by atoms with E-state index in [1.165, 1.54) is 29.0 Å². The molecule has 1 heterocycles. The molecule has 29 heavy (non-hydrogen) atoms. The lowest BCUT2D eigenvalue weighted by atomic mass is 10.1. The molecule has 0 bridgehead atoms. The van der Waals surface area contributed by atoms with Crippen molar-refractivity contribution in [2.45, 2.75) is 37.6 Å². The van der Waals surface area contributed by atoms with Crippen LogP contribution in [0.15, 0.2) is 52.4 Å². The summed E-state index contributed by atoms with van der Waals surface area (Å²) in [7, 11) is -3.40. The van der Waals surface area contributed by atoms with E-state index in [0.29, 0.717) is 11.3 Å². The Bertz CT molecular complexity index is 1280. The fourth-order valence-corrected chi connectivity index (χ4v) is 4.75. The molecule has 150 valence electrons. The van der Waals surface area contributed by atoms with Gasteiger partial charge in [-0.3, -0.25) is 4.79 Å². The van der Waals surface area contributed by atoms with Crippen molar-refractivity contribution in [3.05, 3.63) is 58.4 Å². The van der Waals surface area contributed by atoms with Gasteiger partial charge in [0.05, 0.1) is 21.7 Å². The van der Waals surface area contributed by atoms with E-state index in [4.69, 9.17) is 6.42 Å². The monoisotopic (exact) mass is 426 g/mol. The lowest BCUT2D eigenvalue weighted by molar-refractivity contribution is 0.0997. The minimum atomic E-state index is -3.40. The van der Waals surface area contributed by atoms with Gasteiger partial charge in [0.1, 0.15) is 0 Å². The van der Waals surface area contributed by atoms with Crippen LogP contribution in [-0.4, -0.2) is 25.1 Å². The highest BCUT2D eigenvalue weighted by Crippen LogP contribution is 2.21. The molecule has 1 amide bonds. The molecular formula is C22H22N2O3S2. The highest BCUT2D eigenvalue weighted by Gasteiger charge is 2.13. The summed E-state index contributed by atoms with van der Waals surface area (Å²) >= 11 is 1.41. The summed E-state index contributed by atoms with van der Waals surface area (Å²) in [6, 6.07) is 12.1. The van der Waals surface area contributed by atoms with Crippen LogP contribution in [0.25, 0.3) is 10.2 Å².